The van der Waals surface area contributed by atoms with E-state index in [0.717, 1.165) is 25.0 Å². The van der Waals surface area contributed by atoms with E-state index in [0.29, 0.717) is 12.5 Å². The van der Waals surface area contributed by atoms with Crippen LogP contribution in [0.3, 0.4) is 0 Å². The van der Waals surface area contributed by atoms with Crippen LogP contribution in [0.15, 0.2) is 11.3 Å². The van der Waals surface area contributed by atoms with Gasteiger partial charge in [-0.25, -0.2) is 0 Å². The number of ether oxygens (including phenoxy) is 1. The van der Waals surface area contributed by atoms with E-state index in [1.54, 1.807) is 0 Å². The average Bonchev–Trinajstić information content (AvgIpc) is 2.64. The third-order valence-corrected chi connectivity index (χ3v) is 3.11. The molecule has 0 amide bonds. The molecule has 0 aromatic rings. The van der Waals surface area contributed by atoms with Crippen LogP contribution in [0.1, 0.15) is 59.8 Å². The van der Waals surface area contributed by atoms with Crippen molar-refractivity contribution in [3.05, 3.63) is 11.3 Å². The maximum Gasteiger partial charge on any atom is 0.126 e. The lowest BCUT2D eigenvalue weighted by Gasteiger charge is -2.29. The molecule has 1 aliphatic carbocycles. The summed E-state index contributed by atoms with van der Waals surface area (Å²) < 4.78 is 5.72. The van der Waals surface area contributed by atoms with Crippen molar-refractivity contribution in [3.8, 4) is 0 Å². The minimum atomic E-state index is -0.788. The summed E-state index contributed by atoms with van der Waals surface area (Å²) in [6.07, 6.45) is 5.45. The van der Waals surface area contributed by atoms with Gasteiger partial charge in [0.25, 0.3) is 0 Å². The molecule has 0 bridgehead atoms. The van der Waals surface area contributed by atoms with Crippen molar-refractivity contribution in [1.29, 1.82) is 0 Å². The highest BCUT2D eigenvalue weighted by atomic mass is 16.5. The first-order valence-corrected chi connectivity index (χ1v) is 6.55. The fourth-order valence-electron chi connectivity index (χ4n) is 2.70. The first kappa shape index (κ1) is 13.6. The van der Waals surface area contributed by atoms with Crippen molar-refractivity contribution >= 4 is 0 Å². The minimum absolute atomic E-state index is 0.479. The lowest BCUT2D eigenvalue weighted by atomic mass is 9.89. The molecule has 0 spiro atoms. The molecule has 2 nitrogen and oxygen atoms in total. The summed E-state index contributed by atoms with van der Waals surface area (Å²) in [6.45, 7) is 8.80. The van der Waals surface area contributed by atoms with E-state index in [2.05, 4.69) is 13.8 Å². The van der Waals surface area contributed by atoms with Crippen LogP contribution in [-0.2, 0) is 4.74 Å². The number of rotatable bonds is 5. The third-order valence-electron chi connectivity index (χ3n) is 3.11. The summed E-state index contributed by atoms with van der Waals surface area (Å²) in [5.74, 6) is 1.34. The monoisotopic (exact) mass is 226 g/mol. The smallest absolute Gasteiger partial charge is 0.126 e. The summed E-state index contributed by atoms with van der Waals surface area (Å²) in [5, 5.41) is 10.6. The maximum atomic E-state index is 10.6. The van der Waals surface area contributed by atoms with Gasteiger partial charge in [-0.1, -0.05) is 13.8 Å². The second-order valence-electron chi connectivity index (χ2n) is 5.44. The van der Waals surface area contributed by atoms with Gasteiger partial charge in [0.15, 0.2) is 0 Å². The molecule has 0 saturated heterocycles. The van der Waals surface area contributed by atoms with Crippen molar-refractivity contribution < 1.29 is 9.84 Å². The Bertz CT molecular complexity index is 243. The largest absolute Gasteiger partial charge is 0.495 e. The lowest BCUT2D eigenvalue weighted by molar-refractivity contribution is 0.00923. The Morgan fingerprint density at radius 3 is 2.38 bits per heavy atom. The second-order valence-corrected chi connectivity index (χ2v) is 5.44. The highest BCUT2D eigenvalue weighted by Crippen LogP contribution is 2.35. The van der Waals surface area contributed by atoms with Gasteiger partial charge in [-0.3, -0.25) is 0 Å². The predicted molar refractivity (Wildman–Crippen MR) is 67.2 cm³/mol. The molecule has 1 saturated carbocycles. The molecule has 0 radical (unpaired) electrons. The molecule has 2 heteroatoms. The highest BCUT2D eigenvalue weighted by molar-refractivity contribution is 5.20. The summed E-state index contributed by atoms with van der Waals surface area (Å²) in [4.78, 5) is 0. The molecule has 94 valence electrons. The molecule has 1 rings (SSSR count). The van der Waals surface area contributed by atoms with Crippen LogP contribution < -0.4 is 0 Å². The van der Waals surface area contributed by atoms with Gasteiger partial charge in [0.2, 0.25) is 0 Å². The molecule has 0 aromatic heterocycles. The van der Waals surface area contributed by atoms with Crippen molar-refractivity contribution in [2.45, 2.75) is 65.4 Å². The zero-order valence-electron chi connectivity index (χ0n) is 11.2. The second kappa shape index (κ2) is 5.72. The van der Waals surface area contributed by atoms with Gasteiger partial charge in [-0.05, 0) is 57.4 Å². The highest BCUT2D eigenvalue weighted by Gasteiger charge is 2.32. The van der Waals surface area contributed by atoms with Gasteiger partial charge >= 0.3 is 0 Å². The van der Waals surface area contributed by atoms with Crippen LogP contribution in [0.2, 0.25) is 0 Å². The van der Waals surface area contributed by atoms with Crippen LogP contribution in [0.4, 0.5) is 0 Å². The van der Waals surface area contributed by atoms with Crippen molar-refractivity contribution in [1.82, 2.24) is 0 Å². The lowest BCUT2D eigenvalue weighted by Crippen LogP contribution is -2.31. The van der Waals surface area contributed by atoms with Gasteiger partial charge in [-0.2, -0.15) is 0 Å². The number of hydrogen-bond acceptors (Lipinski definition) is 2. The SMILES string of the molecule is CCOC(=C1CCCC1)C(C)(O)CC(C)C. The molecule has 1 aliphatic rings. The molecule has 0 aliphatic heterocycles. The molecular formula is C14H26O2. The number of aliphatic hydroxyl groups is 1. The third kappa shape index (κ3) is 3.51. The topological polar surface area (TPSA) is 29.5 Å². The predicted octanol–water partition coefficient (Wildman–Crippen LogP) is 3.65. The number of allylic oxidation sites excluding steroid dienone is 1. The Balaban J connectivity index is 2.87. The first-order chi connectivity index (χ1) is 7.47. The summed E-state index contributed by atoms with van der Waals surface area (Å²) in [6, 6.07) is 0. The van der Waals surface area contributed by atoms with Crippen LogP contribution in [0.25, 0.3) is 0 Å². The molecule has 1 atom stereocenters. The maximum absolute atomic E-state index is 10.6. The van der Waals surface area contributed by atoms with Gasteiger partial charge in [-0.15, -0.1) is 0 Å². The van der Waals surface area contributed by atoms with Crippen molar-refractivity contribution in [2.75, 3.05) is 6.61 Å². The fourth-order valence-corrected chi connectivity index (χ4v) is 2.70. The molecular weight excluding hydrogens is 200 g/mol. The van der Waals surface area contributed by atoms with E-state index >= 15 is 0 Å². The zero-order valence-corrected chi connectivity index (χ0v) is 11.2. The minimum Gasteiger partial charge on any atom is -0.495 e. The van der Waals surface area contributed by atoms with Gasteiger partial charge in [0, 0.05) is 0 Å². The summed E-state index contributed by atoms with van der Waals surface area (Å²) in [5.41, 5.74) is 0.552. The van der Waals surface area contributed by atoms with Gasteiger partial charge in [0.05, 0.1) is 6.61 Å². The zero-order chi connectivity index (χ0) is 12.2. The van der Waals surface area contributed by atoms with E-state index in [-0.39, 0.29) is 0 Å². The van der Waals surface area contributed by atoms with E-state index < -0.39 is 5.60 Å². The summed E-state index contributed by atoms with van der Waals surface area (Å²) in [7, 11) is 0. The molecule has 1 unspecified atom stereocenters. The average molecular weight is 226 g/mol. The van der Waals surface area contributed by atoms with Gasteiger partial charge < -0.3 is 9.84 Å². The van der Waals surface area contributed by atoms with Crippen LogP contribution in [0, 0.1) is 5.92 Å². The Hall–Kier alpha value is -0.500. The standard InChI is InChI=1S/C14H26O2/c1-5-16-13(12-8-6-7-9-12)14(4,15)10-11(2)3/h11,15H,5-10H2,1-4H3. The van der Waals surface area contributed by atoms with E-state index in [4.69, 9.17) is 4.74 Å². The normalized spacial score (nSPS) is 20.0. The van der Waals surface area contributed by atoms with E-state index in [9.17, 15) is 5.11 Å². The van der Waals surface area contributed by atoms with Crippen molar-refractivity contribution in [3.63, 3.8) is 0 Å². The molecule has 16 heavy (non-hydrogen) atoms. The van der Waals surface area contributed by atoms with E-state index in [1.165, 1.54) is 18.4 Å². The Morgan fingerprint density at radius 2 is 1.94 bits per heavy atom. The van der Waals surface area contributed by atoms with Crippen LogP contribution in [0.5, 0.6) is 0 Å². The fraction of sp³-hybridized carbons (Fsp3) is 0.857. The van der Waals surface area contributed by atoms with Crippen LogP contribution in [-0.4, -0.2) is 17.3 Å². The Labute approximate surface area is 99.7 Å². The summed E-state index contributed by atoms with van der Waals surface area (Å²) >= 11 is 0. The molecule has 0 heterocycles. The number of hydrogen-bond donors (Lipinski definition) is 1. The van der Waals surface area contributed by atoms with Crippen LogP contribution >= 0.6 is 0 Å². The van der Waals surface area contributed by atoms with Gasteiger partial charge in [0.1, 0.15) is 11.4 Å². The molecule has 0 aromatic carbocycles. The molecule has 1 fully saturated rings. The Kier molecular flexibility index (Phi) is 4.85. The first-order valence-electron chi connectivity index (χ1n) is 6.55. The quantitative estimate of drug-likeness (QED) is 0.725. The molecule has 1 N–H and O–H groups in total. The van der Waals surface area contributed by atoms with Crippen molar-refractivity contribution in [2.24, 2.45) is 5.92 Å². The van der Waals surface area contributed by atoms with E-state index in [1.807, 2.05) is 13.8 Å². The Morgan fingerprint density at radius 1 is 1.38 bits per heavy atom.